The average molecular weight is 210 g/mol. The van der Waals surface area contributed by atoms with E-state index in [1.165, 1.54) is 12.4 Å². The largest absolute Gasteiger partial charge is 0.368 e. The van der Waals surface area contributed by atoms with Crippen LogP contribution in [0.25, 0.3) is 0 Å². The molecule has 0 spiro atoms. The number of nitrogens with zero attached hydrogens (tertiary/aromatic N) is 2. The summed E-state index contributed by atoms with van der Waals surface area (Å²) >= 11 is 0. The second-order valence-corrected chi connectivity index (χ2v) is 2.73. The van der Waals surface area contributed by atoms with E-state index in [1.807, 2.05) is 5.48 Å². The third-order valence-corrected chi connectivity index (χ3v) is 1.39. The third kappa shape index (κ3) is 3.69. The molecule has 7 heteroatoms. The van der Waals surface area contributed by atoms with Crippen LogP contribution in [0.2, 0.25) is 0 Å². The molecule has 1 aromatic rings. The van der Waals surface area contributed by atoms with Crippen LogP contribution in [0.15, 0.2) is 12.4 Å². The fourth-order valence-electron chi connectivity index (χ4n) is 0.735. The molecule has 0 aliphatic rings. The van der Waals surface area contributed by atoms with Gasteiger partial charge in [0, 0.05) is 6.20 Å². The molecule has 3 N–H and O–H groups in total. The van der Waals surface area contributed by atoms with Crippen LogP contribution >= 0.6 is 0 Å². The lowest BCUT2D eigenvalue weighted by Gasteiger charge is -2.02. The highest BCUT2D eigenvalue weighted by Gasteiger charge is 2.07. The Morgan fingerprint density at radius 2 is 2.20 bits per heavy atom. The number of aryl methyl sites for hydroxylation is 1. The second kappa shape index (κ2) is 5.01. The Morgan fingerprint density at radius 1 is 1.47 bits per heavy atom. The number of aromatic nitrogens is 2. The van der Waals surface area contributed by atoms with Gasteiger partial charge in [-0.3, -0.25) is 19.4 Å². The van der Waals surface area contributed by atoms with Gasteiger partial charge < -0.3 is 5.73 Å². The van der Waals surface area contributed by atoms with E-state index in [9.17, 15) is 9.59 Å². The fourth-order valence-corrected chi connectivity index (χ4v) is 0.735. The van der Waals surface area contributed by atoms with Crippen LogP contribution in [0.5, 0.6) is 0 Å². The predicted molar refractivity (Wildman–Crippen MR) is 49.4 cm³/mol. The number of carbonyl (C=O) groups excluding carboxylic acids is 2. The van der Waals surface area contributed by atoms with E-state index in [2.05, 4.69) is 14.8 Å². The molecule has 15 heavy (non-hydrogen) atoms. The Hall–Kier alpha value is -2.02. The van der Waals surface area contributed by atoms with Crippen LogP contribution < -0.4 is 11.2 Å². The highest BCUT2D eigenvalue weighted by Crippen LogP contribution is 1.93. The van der Waals surface area contributed by atoms with Gasteiger partial charge in [-0.2, -0.15) is 0 Å². The molecule has 0 fully saturated rings. The van der Waals surface area contributed by atoms with Crippen molar-refractivity contribution in [2.24, 2.45) is 5.73 Å². The average Bonchev–Trinajstić information content (AvgIpc) is 2.18. The van der Waals surface area contributed by atoms with Gasteiger partial charge in [0.05, 0.1) is 11.9 Å². The van der Waals surface area contributed by atoms with Gasteiger partial charge in [-0.15, -0.1) is 0 Å². The van der Waals surface area contributed by atoms with Gasteiger partial charge in [-0.05, 0) is 6.92 Å². The monoisotopic (exact) mass is 210 g/mol. The summed E-state index contributed by atoms with van der Waals surface area (Å²) in [6.07, 6.45) is 2.75. The van der Waals surface area contributed by atoms with E-state index in [0.717, 1.165) is 0 Å². The number of amides is 2. The Bertz CT molecular complexity index is 363. The first kappa shape index (κ1) is 11.1. The normalized spacial score (nSPS) is 9.67. The van der Waals surface area contributed by atoms with Crippen LogP contribution in [0.4, 0.5) is 0 Å². The Labute approximate surface area is 85.6 Å². The van der Waals surface area contributed by atoms with Crippen LogP contribution in [-0.4, -0.2) is 28.4 Å². The van der Waals surface area contributed by atoms with Crippen molar-refractivity contribution in [2.45, 2.75) is 6.92 Å². The zero-order valence-electron chi connectivity index (χ0n) is 8.06. The number of nitrogens with one attached hydrogen (secondary N) is 1. The summed E-state index contributed by atoms with van der Waals surface area (Å²) in [4.78, 5) is 33.7. The molecule has 0 radical (unpaired) electrons. The molecule has 0 bridgehead atoms. The summed E-state index contributed by atoms with van der Waals surface area (Å²) in [5.74, 6) is -1.26. The van der Waals surface area contributed by atoms with E-state index in [0.29, 0.717) is 5.69 Å². The maximum atomic E-state index is 11.2. The van der Waals surface area contributed by atoms with Gasteiger partial charge in [0.15, 0.2) is 6.61 Å². The molecule has 0 aliphatic carbocycles. The van der Waals surface area contributed by atoms with Gasteiger partial charge >= 0.3 is 0 Å². The summed E-state index contributed by atoms with van der Waals surface area (Å²) in [6.45, 7) is 1.36. The van der Waals surface area contributed by atoms with Crippen LogP contribution in [0, 0.1) is 6.92 Å². The maximum Gasteiger partial charge on any atom is 0.295 e. The number of primary amides is 1. The van der Waals surface area contributed by atoms with Crippen molar-refractivity contribution >= 4 is 11.8 Å². The minimum Gasteiger partial charge on any atom is -0.368 e. The number of hydrogen-bond acceptors (Lipinski definition) is 5. The number of hydroxylamine groups is 1. The van der Waals surface area contributed by atoms with Gasteiger partial charge in [0.25, 0.3) is 5.91 Å². The van der Waals surface area contributed by atoms with E-state index >= 15 is 0 Å². The molecule has 0 saturated heterocycles. The van der Waals surface area contributed by atoms with Crippen molar-refractivity contribution in [3.05, 3.63) is 23.8 Å². The molecule has 7 nitrogen and oxygen atoms in total. The molecular weight excluding hydrogens is 200 g/mol. The third-order valence-electron chi connectivity index (χ3n) is 1.39. The molecule has 80 valence electrons. The molecule has 0 aromatic carbocycles. The summed E-state index contributed by atoms with van der Waals surface area (Å²) in [7, 11) is 0. The minimum absolute atomic E-state index is 0.102. The molecule has 1 rings (SSSR count). The zero-order chi connectivity index (χ0) is 11.3. The van der Waals surface area contributed by atoms with E-state index < -0.39 is 11.8 Å². The Morgan fingerprint density at radius 3 is 2.73 bits per heavy atom. The quantitative estimate of drug-likeness (QED) is 0.615. The first-order chi connectivity index (χ1) is 7.09. The van der Waals surface area contributed by atoms with Crippen molar-refractivity contribution in [1.29, 1.82) is 0 Å². The summed E-state index contributed by atoms with van der Waals surface area (Å²) in [5.41, 5.74) is 7.60. The Balaban J connectivity index is 2.47. The van der Waals surface area contributed by atoms with Crippen molar-refractivity contribution in [1.82, 2.24) is 15.4 Å². The highest BCUT2D eigenvalue weighted by molar-refractivity contribution is 5.91. The van der Waals surface area contributed by atoms with Crippen LogP contribution in [0.1, 0.15) is 16.2 Å². The molecule has 0 atom stereocenters. The molecule has 1 aromatic heterocycles. The fraction of sp³-hybridized carbons (Fsp3) is 0.250. The van der Waals surface area contributed by atoms with Crippen LogP contribution in [0.3, 0.4) is 0 Å². The molecule has 0 unspecified atom stereocenters. The molecule has 2 amide bonds. The highest BCUT2D eigenvalue weighted by atomic mass is 16.7. The first-order valence-electron chi connectivity index (χ1n) is 4.08. The maximum absolute atomic E-state index is 11.2. The van der Waals surface area contributed by atoms with E-state index in [4.69, 9.17) is 5.73 Å². The number of carbonyl (C=O) groups is 2. The Kier molecular flexibility index (Phi) is 3.69. The van der Waals surface area contributed by atoms with Crippen molar-refractivity contribution < 1.29 is 14.4 Å². The first-order valence-corrected chi connectivity index (χ1v) is 4.08. The molecule has 0 aliphatic heterocycles. The number of rotatable bonds is 4. The van der Waals surface area contributed by atoms with Gasteiger partial charge in [0.2, 0.25) is 5.91 Å². The van der Waals surface area contributed by atoms with Crippen molar-refractivity contribution in [3.63, 3.8) is 0 Å². The SMILES string of the molecule is Cc1cnc(C(=O)NOCC(N)=O)cn1. The second-order valence-electron chi connectivity index (χ2n) is 2.73. The zero-order valence-corrected chi connectivity index (χ0v) is 8.06. The van der Waals surface area contributed by atoms with Crippen LogP contribution in [-0.2, 0) is 9.63 Å². The van der Waals surface area contributed by atoms with Gasteiger partial charge in [-0.25, -0.2) is 10.5 Å². The lowest BCUT2D eigenvalue weighted by atomic mass is 10.4. The van der Waals surface area contributed by atoms with E-state index in [1.54, 1.807) is 6.92 Å². The number of hydrogen-bond donors (Lipinski definition) is 2. The van der Waals surface area contributed by atoms with Gasteiger partial charge in [-0.1, -0.05) is 0 Å². The molecule has 1 heterocycles. The van der Waals surface area contributed by atoms with E-state index in [-0.39, 0.29) is 12.3 Å². The number of nitrogens with two attached hydrogens (primary N) is 1. The summed E-state index contributed by atoms with van der Waals surface area (Å²) < 4.78 is 0. The van der Waals surface area contributed by atoms with Crippen molar-refractivity contribution in [2.75, 3.05) is 6.61 Å². The molecule has 0 saturated carbocycles. The summed E-state index contributed by atoms with van der Waals surface area (Å²) in [6, 6.07) is 0. The predicted octanol–water partition coefficient (Wildman–Crippen LogP) is -1.07. The lowest BCUT2D eigenvalue weighted by Crippen LogP contribution is -2.29. The summed E-state index contributed by atoms with van der Waals surface area (Å²) in [5, 5.41) is 0. The topological polar surface area (TPSA) is 107 Å². The van der Waals surface area contributed by atoms with Gasteiger partial charge in [0.1, 0.15) is 5.69 Å². The lowest BCUT2D eigenvalue weighted by molar-refractivity contribution is -0.124. The minimum atomic E-state index is -0.676. The standard InChI is InChI=1S/C8H10N4O3/c1-5-2-11-6(3-10-5)8(14)12-15-4-7(9)13/h2-3H,4H2,1H3,(H2,9,13)(H,12,14). The smallest absolute Gasteiger partial charge is 0.295 e. The van der Waals surface area contributed by atoms with Crippen molar-refractivity contribution in [3.8, 4) is 0 Å². The molecular formula is C8H10N4O3.